The first kappa shape index (κ1) is 11.9. The van der Waals surface area contributed by atoms with Gasteiger partial charge in [-0.05, 0) is 17.9 Å². The second kappa shape index (κ2) is 4.75. The lowest BCUT2D eigenvalue weighted by molar-refractivity contribution is 0.00554. The predicted molar refractivity (Wildman–Crippen MR) is 63.7 cm³/mol. The highest BCUT2D eigenvalue weighted by atomic mass is 16.4. The summed E-state index contributed by atoms with van der Waals surface area (Å²) in [6, 6.07) is 9.25. The first-order valence-electron chi connectivity index (χ1n) is 5.82. The van der Waals surface area contributed by atoms with Crippen molar-refractivity contribution in [3.8, 4) is 0 Å². The number of hydrogen-bond acceptors (Lipinski definition) is 2. The molecule has 3 unspecified atom stereocenters. The first-order valence-corrected chi connectivity index (χ1v) is 5.82. The van der Waals surface area contributed by atoms with E-state index in [1.165, 1.54) is 4.90 Å². The van der Waals surface area contributed by atoms with E-state index in [2.05, 4.69) is 0 Å². The van der Waals surface area contributed by atoms with Gasteiger partial charge in [-0.2, -0.15) is 0 Å². The van der Waals surface area contributed by atoms with Gasteiger partial charge in [0.15, 0.2) is 0 Å². The Morgan fingerprint density at radius 1 is 1.35 bits per heavy atom. The van der Waals surface area contributed by atoms with Crippen molar-refractivity contribution >= 4 is 6.09 Å². The predicted octanol–water partition coefficient (Wildman–Crippen LogP) is 2.11. The van der Waals surface area contributed by atoms with Crippen LogP contribution in [-0.2, 0) is 0 Å². The second-order valence-electron chi connectivity index (χ2n) is 4.64. The van der Waals surface area contributed by atoms with E-state index in [1.54, 1.807) is 0 Å². The van der Waals surface area contributed by atoms with Gasteiger partial charge in [0.25, 0.3) is 0 Å². The normalized spacial score (nSPS) is 29.1. The molecule has 2 N–H and O–H groups in total. The number of carbonyl (C=O) groups is 1. The van der Waals surface area contributed by atoms with Gasteiger partial charge in [0.05, 0.1) is 12.1 Å². The zero-order valence-corrected chi connectivity index (χ0v) is 9.78. The van der Waals surface area contributed by atoms with Crippen molar-refractivity contribution in [2.75, 3.05) is 6.54 Å². The average Bonchev–Trinajstić information content (AvgIpc) is 2.33. The standard InChI is InChI=1S/C13H17NO3/c1-9-8-14(13(16)17)11(7-12(9)15)10-5-3-2-4-6-10/h2-6,9,11-12,15H,7-8H2,1H3,(H,16,17). The van der Waals surface area contributed by atoms with Crippen LogP contribution in [0.3, 0.4) is 0 Å². The summed E-state index contributed by atoms with van der Waals surface area (Å²) in [6.45, 7) is 2.26. The number of amides is 1. The Bertz CT molecular complexity index is 393. The molecule has 0 spiro atoms. The van der Waals surface area contributed by atoms with Gasteiger partial charge in [-0.1, -0.05) is 37.3 Å². The van der Waals surface area contributed by atoms with Gasteiger partial charge in [-0.15, -0.1) is 0 Å². The van der Waals surface area contributed by atoms with Crippen LogP contribution in [0.1, 0.15) is 24.9 Å². The zero-order valence-electron chi connectivity index (χ0n) is 9.78. The molecule has 0 aromatic heterocycles. The Morgan fingerprint density at radius 2 is 2.00 bits per heavy atom. The van der Waals surface area contributed by atoms with E-state index in [-0.39, 0.29) is 12.0 Å². The fraction of sp³-hybridized carbons (Fsp3) is 0.462. The molecule has 1 amide bonds. The Balaban J connectivity index is 2.26. The summed E-state index contributed by atoms with van der Waals surface area (Å²) in [6.07, 6.45) is -0.884. The fourth-order valence-corrected chi connectivity index (χ4v) is 2.35. The second-order valence-corrected chi connectivity index (χ2v) is 4.64. The number of rotatable bonds is 1. The highest BCUT2D eigenvalue weighted by Gasteiger charge is 2.35. The van der Waals surface area contributed by atoms with Gasteiger partial charge in [0.2, 0.25) is 0 Å². The molecule has 1 aliphatic rings. The third-order valence-corrected chi connectivity index (χ3v) is 3.41. The summed E-state index contributed by atoms with van der Waals surface area (Å²) in [4.78, 5) is 12.7. The van der Waals surface area contributed by atoms with Crippen LogP contribution < -0.4 is 0 Å². The van der Waals surface area contributed by atoms with Crippen LogP contribution in [0.25, 0.3) is 0 Å². The molecule has 0 saturated carbocycles. The van der Waals surface area contributed by atoms with Crippen LogP contribution in [-0.4, -0.2) is 33.9 Å². The van der Waals surface area contributed by atoms with Gasteiger partial charge in [-0.25, -0.2) is 4.79 Å². The molecule has 4 nitrogen and oxygen atoms in total. The molecule has 2 rings (SSSR count). The van der Waals surface area contributed by atoms with Crippen LogP contribution in [0.15, 0.2) is 30.3 Å². The number of aliphatic hydroxyl groups is 1. The average molecular weight is 235 g/mol. The number of piperidine rings is 1. The molecule has 0 aliphatic carbocycles. The van der Waals surface area contributed by atoms with E-state index in [0.29, 0.717) is 13.0 Å². The van der Waals surface area contributed by atoms with Crippen LogP contribution in [0.5, 0.6) is 0 Å². The molecule has 1 saturated heterocycles. The smallest absolute Gasteiger partial charge is 0.407 e. The van der Waals surface area contributed by atoms with Gasteiger partial charge in [-0.3, -0.25) is 0 Å². The van der Waals surface area contributed by atoms with Crippen molar-refractivity contribution in [3.63, 3.8) is 0 Å². The molecule has 1 aromatic rings. The number of benzene rings is 1. The lowest BCUT2D eigenvalue weighted by Crippen LogP contribution is -2.46. The molecule has 4 heteroatoms. The molecule has 3 atom stereocenters. The summed E-state index contributed by atoms with van der Waals surface area (Å²) < 4.78 is 0. The number of hydrogen-bond donors (Lipinski definition) is 2. The van der Waals surface area contributed by atoms with Crippen molar-refractivity contribution in [2.24, 2.45) is 5.92 Å². The molecule has 1 aliphatic heterocycles. The van der Waals surface area contributed by atoms with E-state index in [4.69, 9.17) is 0 Å². The molecule has 1 fully saturated rings. The molecule has 1 heterocycles. The number of aliphatic hydroxyl groups excluding tert-OH is 1. The molecule has 1 aromatic carbocycles. The lowest BCUT2D eigenvalue weighted by atomic mass is 9.88. The lowest BCUT2D eigenvalue weighted by Gasteiger charge is -2.39. The number of nitrogens with zero attached hydrogens (tertiary/aromatic N) is 1. The summed E-state index contributed by atoms with van der Waals surface area (Å²) >= 11 is 0. The third-order valence-electron chi connectivity index (χ3n) is 3.41. The maximum Gasteiger partial charge on any atom is 0.407 e. The van der Waals surface area contributed by atoms with E-state index in [1.807, 2.05) is 37.3 Å². The van der Waals surface area contributed by atoms with Crippen LogP contribution in [0.2, 0.25) is 0 Å². The Morgan fingerprint density at radius 3 is 2.59 bits per heavy atom. The van der Waals surface area contributed by atoms with Gasteiger partial charge >= 0.3 is 6.09 Å². The van der Waals surface area contributed by atoms with Crippen molar-refractivity contribution in [3.05, 3.63) is 35.9 Å². The Labute approximate surface area is 100 Å². The van der Waals surface area contributed by atoms with E-state index < -0.39 is 12.2 Å². The summed E-state index contributed by atoms with van der Waals surface area (Å²) in [5.74, 6) is -0.00828. The molecule has 92 valence electrons. The van der Waals surface area contributed by atoms with Crippen LogP contribution in [0.4, 0.5) is 4.79 Å². The number of carboxylic acid groups (broad SMARTS) is 1. The zero-order chi connectivity index (χ0) is 12.4. The monoisotopic (exact) mass is 235 g/mol. The van der Waals surface area contributed by atoms with Crippen molar-refractivity contribution in [1.82, 2.24) is 4.90 Å². The molecule has 0 bridgehead atoms. The minimum atomic E-state index is -0.919. The van der Waals surface area contributed by atoms with E-state index in [9.17, 15) is 15.0 Å². The van der Waals surface area contributed by atoms with Gasteiger partial charge < -0.3 is 15.1 Å². The maximum absolute atomic E-state index is 11.2. The largest absolute Gasteiger partial charge is 0.465 e. The van der Waals surface area contributed by atoms with Crippen molar-refractivity contribution in [2.45, 2.75) is 25.5 Å². The first-order chi connectivity index (χ1) is 8.09. The molecule has 17 heavy (non-hydrogen) atoms. The third kappa shape index (κ3) is 2.42. The van der Waals surface area contributed by atoms with Crippen LogP contribution in [0, 0.1) is 5.92 Å². The van der Waals surface area contributed by atoms with Gasteiger partial charge in [0.1, 0.15) is 0 Å². The Kier molecular flexibility index (Phi) is 3.33. The van der Waals surface area contributed by atoms with Crippen LogP contribution >= 0.6 is 0 Å². The summed E-state index contributed by atoms with van der Waals surface area (Å²) in [5, 5.41) is 19.1. The topological polar surface area (TPSA) is 60.8 Å². The molecular weight excluding hydrogens is 218 g/mol. The van der Waals surface area contributed by atoms with Crippen molar-refractivity contribution < 1.29 is 15.0 Å². The minimum absolute atomic E-state index is 0.00828. The van der Waals surface area contributed by atoms with Crippen molar-refractivity contribution in [1.29, 1.82) is 0 Å². The fourth-order valence-electron chi connectivity index (χ4n) is 2.35. The SMILES string of the molecule is CC1CN(C(=O)O)C(c2ccccc2)CC1O. The highest BCUT2D eigenvalue weighted by molar-refractivity contribution is 5.66. The molecular formula is C13H17NO3. The highest BCUT2D eigenvalue weighted by Crippen LogP contribution is 2.33. The summed E-state index contributed by atoms with van der Waals surface area (Å²) in [5.41, 5.74) is 0.945. The maximum atomic E-state index is 11.2. The Hall–Kier alpha value is -1.55. The summed E-state index contributed by atoms with van der Waals surface area (Å²) in [7, 11) is 0. The van der Waals surface area contributed by atoms with Gasteiger partial charge in [0, 0.05) is 6.54 Å². The van der Waals surface area contributed by atoms with E-state index in [0.717, 1.165) is 5.56 Å². The molecule has 0 radical (unpaired) electrons. The quantitative estimate of drug-likeness (QED) is 0.783. The minimum Gasteiger partial charge on any atom is -0.465 e. The number of likely N-dealkylation sites (tertiary alicyclic amines) is 1. The van der Waals surface area contributed by atoms with E-state index >= 15 is 0 Å².